The van der Waals surface area contributed by atoms with E-state index in [2.05, 4.69) is 16.0 Å². The first-order valence-electron chi connectivity index (χ1n) is 6.56. The third-order valence-corrected chi connectivity index (χ3v) is 3.41. The van der Waals surface area contributed by atoms with Crippen LogP contribution in [0.3, 0.4) is 0 Å². The second kappa shape index (κ2) is 6.02. The fourth-order valence-electron chi connectivity index (χ4n) is 2.18. The van der Waals surface area contributed by atoms with E-state index in [0.29, 0.717) is 24.2 Å². The van der Waals surface area contributed by atoms with Gasteiger partial charge in [-0.2, -0.15) is 0 Å². The van der Waals surface area contributed by atoms with Crippen molar-refractivity contribution in [2.75, 3.05) is 18.9 Å². The van der Waals surface area contributed by atoms with Crippen LogP contribution in [-0.2, 0) is 4.79 Å². The van der Waals surface area contributed by atoms with Gasteiger partial charge in [-0.05, 0) is 31.0 Å². The summed E-state index contributed by atoms with van der Waals surface area (Å²) in [6.45, 7) is 2.29. The molecule has 6 nitrogen and oxygen atoms in total. The summed E-state index contributed by atoms with van der Waals surface area (Å²) in [6.07, 6.45) is -0.0796. The summed E-state index contributed by atoms with van der Waals surface area (Å²) in [4.78, 5) is 23.7. The quantitative estimate of drug-likeness (QED) is 0.627. The third-order valence-electron chi connectivity index (χ3n) is 3.41. The Hall–Kier alpha value is -1.92. The van der Waals surface area contributed by atoms with E-state index in [4.69, 9.17) is 0 Å². The van der Waals surface area contributed by atoms with Gasteiger partial charge < -0.3 is 21.1 Å². The lowest BCUT2D eigenvalue weighted by Crippen LogP contribution is -2.35. The predicted molar refractivity (Wildman–Crippen MR) is 75.6 cm³/mol. The molecule has 0 aliphatic carbocycles. The number of hydrogen-bond acceptors (Lipinski definition) is 4. The molecular weight excluding hydrogens is 258 g/mol. The van der Waals surface area contributed by atoms with Crippen molar-refractivity contribution in [2.45, 2.75) is 25.5 Å². The first-order chi connectivity index (χ1) is 9.51. The van der Waals surface area contributed by atoms with Crippen LogP contribution < -0.4 is 16.0 Å². The Morgan fingerprint density at radius 2 is 2.15 bits per heavy atom. The number of nitrogens with one attached hydrogen (secondary N) is 3. The molecule has 2 amide bonds. The van der Waals surface area contributed by atoms with Crippen molar-refractivity contribution in [3.05, 3.63) is 29.3 Å². The number of anilines is 1. The van der Waals surface area contributed by atoms with Crippen LogP contribution in [0.4, 0.5) is 5.69 Å². The van der Waals surface area contributed by atoms with Crippen LogP contribution >= 0.6 is 0 Å². The Morgan fingerprint density at radius 3 is 2.75 bits per heavy atom. The number of carbonyl (C=O) groups is 2. The third kappa shape index (κ3) is 3.15. The van der Waals surface area contributed by atoms with Crippen molar-refractivity contribution in [1.29, 1.82) is 0 Å². The Labute approximate surface area is 117 Å². The molecule has 1 fully saturated rings. The summed E-state index contributed by atoms with van der Waals surface area (Å²) >= 11 is 0. The Balaban J connectivity index is 2.12. The Morgan fingerprint density at radius 1 is 1.40 bits per heavy atom. The van der Waals surface area contributed by atoms with Crippen molar-refractivity contribution < 1.29 is 14.7 Å². The average Bonchev–Trinajstić information content (AvgIpc) is 2.87. The molecule has 2 atom stereocenters. The summed E-state index contributed by atoms with van der Waals surface area (Å²) in [5.41, 5.74) is 1.98. The molecule has 1 aromatic rings. The molecule has 1 aliphatic heterocycles. The number of β-amino-alcohol motifs (C(OH)–C–C–N with tert-alkyl or cyclic N) is 1. The van der Waals surface area contributed by atoms with Crippen molar-refractivity contribution in [2.24, 2.45) is 0 Å². The number of benzene rings is 1. The fourth-order valence-corrected chi connectivity index (χ4v) is 2.18. The van der Waals surface area contributed by atoms with Gasteiger partial charge in [0.15, 0.2) is 0 Å². The highest BCUT2D eigenvalue weighted by molar-refractivity contribution is 5.99. The number of carbonyl (C=O) groups excluding carboxylic acids is 2. The molecule has 0 aromatic heterocycles. The van der Waals surface area contributed by atoms with Gasteiger partial charge in [0.2, 0.25) is 5.91 Å². The van der Waals surface area contributed by atoms with Gasteiger partial charge in [-0.15, -0.1) is 0 Å². The van der Waals surface area contributed by atoms with E-state index < -0.39 is 12.1 Å². The Kier molecular flexibility index (Phi) is 4.36. The molecule has 0 radical (unpaired) electrons. The molecule has 0 saturated carbocycles. The van der Waals surface area contributed by atoms with Gasteiger partial charge >= 0.3 is 0 Å². The molecule has 2 rings (SSSR count). The summed E-state index contributed by atoms with van der Waals surface area (Å²) in [5, 5.41) is 17.7. The van der Waals surface area contributed by atoms with Crippen molar-refractivity contribution in [3.8, 4) is 0 Å². The molecule has 0 bridgehead atoms. The zero-order valence-electron chi connectivity index (χ0n) is 11.6. The van der Waals surface area contributed by atoms with E-state index in [0.717, 1.165) is 5.56 Å². The summed E-state index contributed by atoms with van der Waals surface area (Å²) in [6, 6.07) is 4.75. The number of aliphatic hydroxyl groups is 1. The van der Waals surface area contributed by atoms with Gasteiger partial charge in [0.05, 0.1) is 12.1 Å². The minimum Gasteiger partial charge on any atom is -0.392 e. The second-order valence-electron chi connectivity index (χ2n) is 4.95. The molecule has 4 N–H and O–H groups in total. The second-order valence-corrected chi connectivity index (χ2v) is 4.95. The minimum absolute atomic E-state index is 0.196. The van der Waals surface area contributed by atoms with E-state index >= 15 is 0 Å². The maximum absolute atomic E-state index is 12.1. The van der Waals surface area contributed by atoms with Gasteiger partial charge in [0, 0.05) is 24.8 Å². The lowest BCUT2D eigenvalue weighted by atomic mass is 10.1. The van der Waals surface area contributed by atoms with Crippen molar-refractivity contribution >= 4 is 17.5 Å². The van der Waals surface area contributed by atoms with Gasteiger partial charge in [0.25, 0.3) is 5.91 Å². The molecule has 1 saturated heterocycles. The zero-order valence-corrected chi connectivity index (χ0v) is 11.6. The first kappa shape index (κ1) is 14.5. The normalized spacial score (nSPS) is 21.6. The molecule has 0 spiro atoms. The van der Waals surface area contributed by atoms with Crippen LogP contribution in [0.1, 0.15) is 22.3 Å². The smallest absolute Gasteiger partial charge is 0.251 e. The average molecular weight is 277 g/mol. The zero-order chi connectivity index (χ0) is 14.7. The van der Waals surface area contributed by atoms with Crippen molar-refractivity contribution in [1.82, 2.24) is 10.6 Å². The van der Waals surface area contributed by atoms with Crippen LogP contribution in [0, 0.1) is 6.92 Å². The van der Waals surface area contributed by atoms with Gasteiger partial charge in [-0.1, -0.05) is 6.07 Å². The van der Waals surface area contributed by atoms with E-state index in [9.17, 15) is 14.7 Å². The number of aryl methyl sites for hydroxylation is 1. The van der Waals surface area contributed by atoms with Crippen LogP contribution in [0.15, 0.2) is 18.2 Å². The largest absolute Gasteiger partial charge is 0.392 e. The standard InChI is InChI=1S/C14H19N3O3/c1-8-3-4-9(13(19)15-2)5-11(8)17-14(20)12-6-10(18)7-16-12/h3-5,10,12,16,18H,6-7H2,1-2H3,(H,15,19)(H,17,20). The van der Waals surface area contributed by atoms with E-state index in [1.54, 1.807) is 25.2 Å². The highest BCUT2D eigenvalue weighted by Gasteiger charge is 2.28. The predicted octanol–water partition coefficient (Wildman–Crippen LogP) is 0.0159. The summed E-state index contributed by atoms with van der Waals surface area (Å²) in [5.74, 6) is -0.395. The number of hydrogen-bond donors (Lipinski definition) is 4. The van der Waals surface area contributed by atoms with Crippen LogP contribution in [-0.4, -0.2) is 42.7 Å². The van der Waals surface area contributed by atoms with Crippen molar-refractivity contribution in [3.63, 3.8) is 0 Å². The maximum atomic E-state index is 12.1. The highest BCUT2D eigenvalue weighted by atomic mass is 16.3. The fraction of sp³-hybridized carbons (Fsp3) is 0.429. The number of rotatable bonds is 3. The molecular formula is C14H19N3O3. The van der Waals surface area contributed by atoms with Gasteiger partial charge in [0.1, 0.15) is 0 Å². The van der Waals surface area contributed by atoms with Crippen LogP contribution in [0.25, 0.3) is 0 Å². The van der Waals surface area contributed by atoms with E-state index in [1.807, 2.05) is 6.92 Å². The monoisotopic (exact) mass is 277 g/mol. The minimum atomic E-state index is -0.482. The summed E-state index contributed by atoms with van der Waals surface area (Å²) < 4.78 is 0. The SMILES string of the molecule is CNC(=O)c1ccc(C)c(NC(=O)C2CC(O)CN2)c1. The highest BCUT2D eigenvalue weighted by Crippen LogP contribution is 2.18. The molecule has 108 valence electrons. The van der Waals surface area contributed by atoms with Crippen LogP contribution in [0.2, 0.25) is 0 Å². The molecule has 6 heteroatoms. The summed E-state index contributed by atoms with van der Waals surface area (Å²) in [7, 11) is 1.56. The molecule has 20 heavy (non-hydrogen) atoms. The number of aliphatic hydroxyl groups excluding tert-OH is 1. The molecule has 1 aromatic carbocycles. The Bertz CT molecular complexity index is 530. The lowest BCUT2D eigenvalue weighted by molar-refractivity contribution is -0.117. The maximum Gasteiger partial charge on any atom is 0.251 e. The van der Waals surface area contributed by atoms with E-state index in [1.165, 1.54) is 0 Å². The molecule has 1 heterocycles. The van der Waals surface area contributed by atoms with Gasteiger partial charge in [-0.25, -0.2) is 0 Å². The molecule has 1 aliphatic rings. The molecule has 2 unspecified atom stereocenters. The topological polar surface area (TPSA) is 90.5 Å². The van der Waals surface area contributed by atoms with Gasteiger partial charge in [-0.3, -0.25) is 9.59 Å². The lowest BCUT2D eigenvalue weighted by Gasteiger charge is -2.14. The number of amides is 2. The van der Waals surface area contributed by atoms with Crippen LogP contribution in [0.5, 0.6) is 0 Å². The van der Waals surface area contributed by atoms with E-state index in [-0.39, 0.29) is 11.8 Å². The first-order valence-corrected chi connectivity index (χ1v) is 6.56.